The number of nitrogens with one attached hydrogen (secondary N) is 1. The molecule has 0 aliphatic carbocycles. The second-order valence-electron chi connectivity index (χ2n) is 6.00. The minimum absolute atomic E-state index is 0.115. The fraction of sp³-hybridized carbons (Fsp3) is 0.263. The van der Waals surface area contributed by atoms with Gasteiger partial charge in [-0.2, -0.15) is 10.5 Å². The molecule has 6 heteroatoms. The third-order valence-corrected chi connectivity index (χ3v) is 4.27. The van der Waals surface area contributed by atoms with Crippen molar-refractivity contribution in [3.05, 3.63) is 48.2 Å². The van der Waals surface area contributed by atoms with Crippen molar-refractivity contribution < 1.29 is 4.79 Å². The molecule has 0 unspecified atom stereocenters. The largest absolute Gasteiger partial charge is 0.310 e. The number of carbonyl (C=O) groups excluding carboxylic acids is 1. The first-order valence-electron chi connectivity index (χ1n) is 8.12. The van der Waals surface area contributed by atoms with Crippen LogP contribution >= 0.6 is 0 Å². The average molecular weight is 331 g/mol. The number of piperidine rings is 1. The molecule has 1 aromatic heterocycles. The van der Waals surface area contributed by atoms with Crippen molar-refractivity contribution in [2.24, 2.45) is 5.92 Å². The molecule has 1 saturated heterocycles. The minimum atomic E-state index is -0.208. The van der Waals surface area contributed by atoms with Gasteiger partial charge in [0.1, 0.15) is 5.82 Å². The molecule has 2 heterocycles. The summed E-state index contributed by atoms with van der Waals surface area (Å²) in [4.78, 5) is 18.3. The normalized spacial score (nSPS) is 16.6. The first-order valence-corrected chi connectivity index (χ1v) is 8.12. The molecule has 1 aliphatic heterocycles. The monoisotopic (exact) mass is 331 g/mol. The van der Waals surface area contributed by atoms with Gasteiger partial charge < -0.3 is 10.2 Å². The highest BCUT2D eigenvalue weighted by Crippen LogP contribution is 2.23. The summed E-state index contributed by atoms with van der Waals surface area (Å²) in [6, 6.07) is 13.0. The van der Waals surface area contributed by atoms with Gasteiger partial charge in [0.25, 0.3) is 0 Å². The SMILES string of the molecule is N#Cc1cccc(-c2ccnc(NC(=O)[C@H]3CCCN(C#N)C3)c2)c1. The molecular weight excluding hydrogens is 314 g/mol. The lowest BCUT2D eigenvalue weighted by Gasteiger charge is -2.27. The Hall–Kier alpha value is -3.38. The molecule has 6 nitrogen and oxygen atoms in total. The Morgan fingerprint density at radius 1 is 1.24 bits per heavy atom. The van der Waals surface area contributed by atoms with Crippen molar-refractivity contribution in [3.63, 3.8) is 0 Å². The van der Waals surface area contributed by atoms with Gasteiger partial charge in [-0.3, -0.25) is 4.79 Å². The average Bonchev–Trinajstić information content (AvgIpc) is 2.68. The van der Waals surface area contributed by atoms with E-state index in [0.29, 0.717) is 24.5 Å². The number of anilines is 1. The van der Waals surface area contributed by atoms with Gasteiger partial charge >= 0.3 is 0 Å². The number of carbonyl (C=O) groups is 1. The Bertz CT molecular complexity index is 865. The predicted octanol–water partition coefficient (Wildman–Crippen LogP) is 2.75. The molecule has 1 atom stereocenters. The Morgan fingerprint density at radius 3 is 2.88 bits per heavy atom. The molecule has 0 spiro atoms. The van der Waals surface area contributed by atoms with E-state index in [1.165, 1.54) is 0 Å². The van der Waals surface area contributed by atoms with Crippen LogP contribution in [0.1, 0.15) is 18.4 Å². The third kappa shape index (κ3) is 3.94. The van der Waals surface area contributed by atoms with Gasteiger partial charge in [0, 0.05) is 19.3 Å². The number of nitrogens with zero attached hydrogens (tertiary/aromatic N) is 4. The van der Waals surface area contributed by atoms with Gasteiger partial charge in [0.2, 0.25) is 5.91 Å². The van der Waals surface area contributed by atoms with E-state index in [2.05, 4.69) is 22.6 Å². The molecule has 1 aliphatic rings. The van der Waals surface area contributed by atoms with Crippen LogP contribution in [0.2, 0.25) is 0 Å². The number of aromatic nitrogens is 1. The van der Waals surface area contributed by atoms with Crippen LogP contribution in [-0.2, 0) is 4.79 Å². The van der Waals surface area contributed by atoms with Gasteiger partial charge in [-0.25, -0.2) is 4.98 Å². The summed E-state index contributed by atoms with van der Waals surface area (Å²) in [6.45, 7) is 1.16. The van der Waals surface area contributed by atoms with Gasteiger partial charge in [0.05, 0.1) is 17.6 Å². The van der Waals surface area contributed by atoms with Crippen molar-refractivity contribution in [2.75, 3.05) is 18.4 Å². The summed E-state index contributed by atoms with van der Waals surface area (Å²) in [6.07, 6.45) is 5.34. The molecule has 1 fully saturated rings. The summed E-state index contributed by atoms with van der Waals surface area (Å²) in [5, 5.41) is 20.9. The van der Waals surface area contributed by atoms with E-state index in [1.807, 2.05) is 18.2 Å². The third-order valence-electron chi connectivity index (χ3n) is 4.27. The van der Waals surface area contributed by atoms with Gasteiger partial charge in [0.15, 0.2) is 6.19 Å². The fourth-order valence-corrected chi connectivity index (χ4v) is 2.96. The Balaban J connectivity index is 1.74. The maximum atomic E-state index is 12.4. The first kappa shape index (κ1) is 16.5. The second kappa shape index (κ2) is 7.46. The van der Waals surface area contributed by atoms with Crippen molar-refractivity contribution in [2.45, 2.75) is 12.8 Å². The molecule has 25 heavy (non-hydrogen) atoms. The van der Waals surface area contributed by atoms with Crippen molar-refractivity contribution in [1.82, 2.24) is 9.88 Å². The summed E-state index contributed by atoms with van der Waals surface area (Å²) >= 11 is 0. The Labute approximate surface area is 146 Å². The lowest BCUT2D eigenvalue weighted by molar-refractivity contribution is -0.121. The van der Waals surface area contributed by atoms with Crippen LogP contribution in [0.4, 0.5) is 5.82 Å². The number of benzene rings is 1. The molecule has 1 amide bonds. The van der Waals surface area contributed by atoms with Crippen molar-refractivity contribution >= 4 is 11.7 Å². The van der Waals surface area contributed by atoms with Crippen LogP contribution in [0.5, 0.6) is 0 Å². The first-order chi connectivity index (χ1) is 12.2. The lowest BCUT2D eigenvalue weighted by Crippen LogP contribution is -2.38. The van der Waals surface area contributed by atoms with Crippen molar-refractivity contribution in [1.29, 1.82) is 10.5 Å². The van der Waals surface area contributed by atoms with Crippen LogP contribution in [0, 0.1) is 28.7 Å². The van der Waals surface area contributed by atoms with E-state index < -0.39 is 0 Å². The molecule has 0 saturated carbocycles. The zero-order valence-corrected chi connectivity index (χ0v) is 13.6. The van der Waals surface area contributed by atoms with E-state index in [0.717, 1.165) is 24.0 Å². The van der Waals surface area contributed by atoms with E-state index in [9.17, 15) is 4.79 Å². The highest BCUT2D eigenvalue weighted by molar-refractivity contribution is 5.92. The van der Waals surface area contributed by atoms with Crippen LogP contribution in [0.3, 0.4) is 0 Å². The number of hydrogen-bond acceptors (Lipinski definition) is 5. The summed E-state index contributed by atoms with van der Waals surface area (Å²) in [5.41, 5.74) is 2.36. The highest BCUT2D eigenvalue weighted by Gasteiger charge is 2.25. The molecule has 2 aromatic rings. The molecule has 3 rings (SSSR count). The highest BCUT2D eigenvalue weighted by atomic mass is 16.2. The maximum absolute atomic E-state index is 12.4. The van der Waals surface area contributed by atoms with E-state index in [-0.39, 0.29) is 11.8 Å². The Morgan fingerprint density at radius 2 is 2.08 bits per heavy atom. The van der Waals surface area contributed by atoms with Crippen LogP contribution < -0.4 is 5.32 Å². The summed E-state index contributed by atoms with van der Waals surface area (Å²) in [7, 11) is 0. The van der Waals surface area contributed by atoms with Crippen molar-refractivity contribution in [3.8, 4) is 23.4 Å². The van der Waals surface area contributed by atoms with E-state index in [1.54, 1.807) is 29.3 Å². The molecule has 1 N–H and O–H groups in total. The van der Waals surface area contributed by atoms with Gasteiger partial charge in [-0.1, -0.05) is 12.1 Å². The molecule has 1 aromatic carbocycles. The zero-order chi connectivity index (χ0) is 17.6. The second-order valence-corrected chi connectivity index (χ2v) is 6.00. The minimum Gasteiger partial charge on any atom is -0.310 e. The number of hydrogen-bond donors (Lipinski definition) is 1. The quantitative estimate of drug-likeness (QED) is 0.873. The van der Waals surface area contributed by atoms with Crippen LogP contribution in [-0.4, -0.2) is 28.9 Å². The number of nitriles is 2. The maximum Gasteiger partial charge on any atom is 0.230 e. The van der Waals surface area contributed by atoms with Crippen LogP contribution in [0.25, 0.3) is 11.1 Å². The summed E-state index contributed by atoms with van der Waals surface area (Å²) < 4.78 is 0. The molecular formula is C19H17N5O. The van der Waals surface area contributed by atoms with E-state index >= 15 is 0 Å². The molecule has 0 radical (unpaired) electrons. The zero-order valence-electron chi connectivity index (χ0n) is 13.6. The molecule has 124 valence electrons. The fourth-order valence-electron chi connectivity index (χ4n) is 2.96. The van der Waals surface area contributed by atoms with Gasteiger partial charge in [-0.15, -0.1) is 0 Å². The summed E-state index contributed by atoms with van der Waals surface area (Å²) in [5.74, 6) is 0.148. The Kier molecular flexibility index (Phi) is 4.92. The number of pyridine rings is 1. The number of likely N-dealkylation sites (tertiary alicyclic amines) is 1. The number of rotatable bonds is 3. The van der Waals surface area contributed by atoms with Gasteiger partial charge in [-0.05, 0) is 48.2 Å². The smallest absolute Gasteiger partial charge is 0.230 e. The number of amides is 1. The van der Waals surface area contributed by atoms with Crippen LogP contribution in [0.15, 0.2) is 42.6 Å². The predicted molar refractivity (Wildman–Crippen MR) is 92.9 cm³/mol. The van der Waals surface area contributed by atoms with E-state index in [4.69, 9.17) is 10.5 Å². The standard InChI is InChI=1S/C19H17N5O/c20-11-14-3-1-4-15(9-14)16-6-7-22-18(10-16)23-19(25)17-5-2-8-24(12-17)13-21/h1,3-4,6-7,9-10,17H,2,5,8,12H2,(H,22,23,25)/t17-/m0/s1. The molecule has 0 bridgehead atoms. The lowest BCUT2D eigenvalue weighted by atomic mass is 9.97. The topological polar surface area (TPSA) is 92.8 Å².